The summed E-state index contributed by atoms with van der Waals surface area (Å²) in [5.74, 6) is 0.704. The molecule has 0 bridgehead atoms. The second kappa shape index (κ2) is 10.4. The molecule has 0 unspecified atom stereocenters. The topological polar surface area (TPSA) is 92.1 Å². The molecule has 1 saturated heterocycles. The first kappa shape index (κ1) is 25.3. The maximum Gasteiger partial charge on any atom is 0.349 e. The molecule has 0 radical (unpaired) electrons. The molecule has 0 spiro atoms. The number of para-hydroxylation sites is 1. The number of fused-ring (bicyclic) bond motifs is 1. The van der Waals surface area contributed by atoms with Crippen molar-refractivity contribution >= 4 is 28.6 Å². The van der Waals surface area contributed by atoms with Crippen molar-refractivity contribution in [1.29, 1.82) is 0 Å². The molecule has 2 aromatic carbocycles. The highest BCUT2D eigenvalue weighted by Crippen LogP contribution is 2.32. The number of anilines is 1. The first-order valence-corrected chi connectivity index (χ1v) is 12.3. The zero-order chi connectivity index (χ0) is 26.0. The number of hydrogen-bond acceptors (Lipinski definition) is 5. The number of amides is 3. The number of methoxy groups -OCH3 is 1. The molecule has 8 heteroatoms. The summed E-state index contributed by atoms with van der Waals surface area (Å²) in [5, 5.41) is 3.77. The number of hydrogen-bond donors (Lipinski definition) is 1. The minimum absolute atomic E-state index is 0.0157. The molecule has 190 valence electrons. The van der Waals surface area contributed by atoms with Crippen LogP contribution in [-0.4, -0.2) is 55.0 Å². The molecular weight excluding hydrogens is 458 g/mol. The molecule has 0 aliphatic carbocycles. The van der Waals surface area contributed by atoms with Crippen molar-refractivity contribution < 1.29 is 18.7 Å². The number of carbonyl (C=O) groups excluding carboxylic acids is 2. The zero-order valence-corrected chi connectivity index (χ0v) is 21.5. The van der Waals surface area contributed by atoms with Crippen molar-refractivity contribution in [3.05, 3.63) is 69.6 Å². The molecule has 3 amide bonds. The van der Waals surface area contributed by atoms with Gasteiger partial charge in [0.1, 0.15) is 16.9 Å². The van der Waals surface area contributed by atoms with Gasteiger partial charge in [0.2, 0.25) is 0 Å². The van der Waals surface area contributed by atoms with Gasteiger partial charge in [-0.2, -0.15) is 0 Å². The fraction of sp³-hybridized carbons (Fsp3) is 0.393. The van der Waals surface area contributed by atoms with E-state index < -0.39 is 11.5 Å². The normalized spacial score (nSPS) is 14.0. The van der Waals surface area contributed by atoms with Gasteiger partial charge in [-0.3, -0.25) is 4.79 Å². The lowest BCUT2D eigenvalue weighted by atomic mass is 9.93. The lowest BCUT2D eigenvalue weighted by molar-refractivity contribution is 0.0667. The number of rotatable bonds is 5. The largest absolute Gasteiger partial charge is 0.497 e. The summed E-state index contributed by atoms with van der Waals surface area (Å²) < 4.78 is 10.5. The fourth-order valence-electron chi connectivity index (χ4n) is 4.53. The van der Waals surface area contributed by atoms with Crippen LogP contribution in [0.15, 0.2) is 51.7 Å². The number of nitrogens with one attached hydrogen (secondary N) is 1. The molecule has 0 atom stereocenters. The van der Waals surface area contributed by atoms with Crippen LogP contribution in [0.25, 0.3) is 11.0 Å². The van der Waals surface area contributed by atoms with Crippen LogP contribution >= 0.6 is 0 Å². The molecule has 1 fully saturated rings. The Hall–Kier alpha value is -3.81. The Balaban J connectivity index is 1.46. The van der Waals surface area contributed by atoms with Gasteiger partial charge in [0.05, 0.1) is 7.11 Å². The highest BCUT2D eigenvalue weighted by atomic mass is 16.5. The second-order valence-corrected chi connectivity index (χ2v) is 9.68. The molecule has 3 aromatic rings. The highest BCUT2D eigenvalue weighted by Gasteiger charge is 2.28. The van der Waals surface area contributed by atoms with Crippen LogP contribution in [0.3, 0.4) is 0 Å². The van der Waals surface area contributed by atoms with E-state index in [0.29, 0.717) is 42.9 Å². The molecule has 0 saturated carbocycles. The first-order valence-electron chi connectivity index (χ1n) is 12.3. The van der Waals surface area contributed by atoms with E-state index in [9.17, 15) is 14.4 Å². The first-order chi connectivity index (χ1) is 17.2. The Morgan fingerprint density at radius 1 is 0.917 bits per heavy atom. The third kappa shape index (κ3) is 5.08. The third-order valence-corrected chi connectivity index (χ3v) is 6.63. The Bertz CT molecular complexity index is 1310. The van der Waals surface area contributed by atoms with Gasteiger partial charge in [-0.25, -0.2) is 9.59 Å². The van der Waals surface area contributed by atoms with E-state index >= 15 is 0 Å². The summed E-state index contributed by atoms with van der Waals surface area (Å²) in [6.07, 6.45) is 0. The molecule has 8 nitrogen and oxygen atoms in total. The molecule has 2 heterocycles. The second-order valence-electron chi connectivity index (χ2n) is 9.68. The van der Waals surface area contributed by atoms with Crippen molar-refractivity contribution in [3.63, 3.8) is 0 Å². The predicted molar refractivity (Wildman–Crippen MR) is 140 cm³/mol. The summed E-state index contributed by atoms with van der Waals surface area (Å²) in [5.41, 5.74) is 2.73. The van der Waals surface area contributed by atoms with E-state index in [-0.39, 0.29) is 23.4 Å². The SMILES string of the molecule is COc1ccc2cc(C(=O)N3CCN(C(=O)Nc4c(C(C)C)cccc4C(C)C)CC3)c(=O)oc2c1. The summed E-state index contributed by atoms with van der Waals surface area (Å²) in [4.78, 5) is 42.1. The standard InChI is InChI=1S/C28H33N3O5/c1-17(2)21-7-6-8-22(18(3)4)25(21)29-28(34)31-13-11-30(12-14-31)26(32)23-15-19-9-10-20(35-5)16-24(19)36-27(23)33/h6-10,15-18H,11-14H2,1-5H3,(H,29,34). The lowest BCUT2D eigenvalue weighted by Crippen LogP contribution is -2.52. The number of benzene rings is 2. The van der Waals surface area contributed by atoms with Gasteiger partial charge in [-0.1, -0.05) is 45.9 Å². The van der Waals surface area contributed by atoms with Gasteiger partial charge in [0.15, 0.2) is 0 Å². The average molecular weight is 492 g/mol. The Labute approximate surface area is 210 Å². The lowest BCUT2D eigenvalue weighted by Gasteiger charge is -2.35. The number of carbonyl (C=O) groups is 2. The van der Waals surface area contributed by atoms with Gasteiger partial charge >= 0.3 is 11.7 Å². The van der Waals surface area contributed by atoms with Gasteiger partial charge in [-0.15, -0.1) is 0 Å². The van der Waals surface area contributed by atoms with Crippen LogP contribution in [0.2, 0.25) is 0 Å². The Morgan fingerprint density at radius 3 is 2.11 bits per heavy atom. The minimum atomic E-state index is -0.688. The van der Waals surface area contributed by atoms with Crippen LogP contribution in [0, 0.1) is 0 Å². The van der Waals surface area contributed by atoms with Gasteiger partial charge in [-0.05, 0) is 41.2 Å². The quantitative estimate of drug-likeness (QED) is 0.505. The van der Waals surface area contributed by atoms with Crippen molar-refractivity contribution in [3.8, 4) is 5.75 Å². The highest BCUT2D eigenvalue weighted by molar-refractivity contribution is 5.97. The van der Waals surface area contributed by atoms with E-state index in [4.69, 9.17) is 9.15 Å². The van der Waals surface area contributed by atoms with E-state index in [0.717, 1.165) is 16.8 Å². The average Bonchev–Trinajstić information content (AvgIpc) is 2.87. The summed E-state index contributed by atoms with van der Waals surface area (Å²) in [6, 6.07) is 12.6. The molecule has 36 heavy (non-hydrogen) atoms. The van der Waals surface area contributed by atoms with Crippen LogP contribution in [0.1, 0.15) is 61.0 Å². The third-order valence-electron chi connectivity index (χ3n) is 6.63. The molecule has 4 rings (SSSR count). The Morgan fingerprint density at radius 2 is 1.53 bits per heavy atom. The van der Waals surface area contributed by atoms with E-state index in [1.165, 1.54) is 7.11 Å². The van der Waals surface area contributed by atoms with Crippen molar-refractivity contribution in [1.82, 2.24) is 9.80 Å². The summed E-state index contributed by atoms with van der Waals surface area (Å²) >= 11 is 0. The molecular formula is C28H33N3O5. The monoisotopic (exact) mass is 491 g/mol. The zero-order valence-electron chi connectivity index (χ0n) is 21.5. The van der Waals surface area contributed by atoms with Gasteiger partial charge in [0, 0.05) is 43.3 Å². The van der Waals surface area contributed by atoms with E-state index in [1.807, 2.05) is 18.2 Å². The number of ether oxygens (including phenoxy) is 1. The van der Waals surface area contributed by atoms with E-state index in [2.05, 4.69) is 33.0 Å². The van der Waals surface area contributed by atoms with Gasteiger partial charge in [0.25, 0.3) is 5.91 Å². The van der Waals surface area contributed by atoms with Crippen LogP contribution in [0.5, 0.6) is 5.75 Å². The number of piperazine rings is 1. The molecule has 1 N–H and O–H groups in total. The van der Waals surface area contributed by atoms with Crippen molar-refractivity contribution in [2.45, 2.75) is 39.5 Å². The number of urea groups is 1. The number of nitrogens with zero attached hydrogens (tertiary/aromatic N) is 2. The van der Waals surface area contributed by atoms with Crippen molar-refractivity contribution in [2.75, 3.05) is 38.6 Å². The van der Waals surface area contributed by atoms with Crippen LogP contribution in [-0.2, 0) is 0 Å². The van der Waals surface area contributed by atoms with Crippen LogP contribution < -0.4 is 15.7 Å². The maximum absolute atomic E-state index is 13.2. The van der Waals surface area contributed by atoms with Gasteiger partial charge < -0.3 is 24.3 Å². The van der Waals surface area contributed by atoms with Crippen molar-refractivity contribution in [2.24, 2.45) is 0 Å². The molecule has 1 aliphatic heterocycles. The molecule has 1 aromatic heterocycles. The molecule has 1 aliphatic rings. The smallest absolute Gasteiger partial charge is 0.349 e. The Kier molecular flexibility index (Phi) is 7.33. The summed E-state index contributed by atoms with van der Waals surface area (Å²) in [7, 11) is 1.53. The van der Waals surface area contributed by atoms with E-state index in [1.54, 1.807) is 34.1 Å². The van der Waals surface area contributed by atoms with Crippen LogP contribution in [0.4, 0.5) is 10.5 Å². The summed E-state index contributed by atoms with van der Waals surface area (Å²) in [6.45, 7) is 9.84. The maximum atomic E-state index is 13.2. The minimum Gasteiger partial charge on any atom is -0.497 e. The predicted octanol–water partition coefficient (Wildman–Crippen LogP) is 5.04. The fourth-order valence-corrected chi connectivity index (χ4v) is 4.53.